The van der Waals surface area contributed by atoms with E-state index in [1.807, 2.05) is 24.3 Å². The lowest BCUT2D eigenvalue weighted by Crippen LogP contribution is -2.25. The number of nitrogens with zero attached hydrogens (tertiary/aromatic N) is 2. The van der Waals surface area contributed by atoms with Crippen LogP contribution in [0.2, 0.25) is 0 Å². The predicted molar refractivity (Wildman–Crippen MR) is 121 cm³/mol. The highest BCUT2D eigenvalue weighted by atomic mass is 35.5. The predicted octanol–water partition coefficient (Wildman–Crippen LogP) is 5.68. The van der Waals surface area contributed by atoms with Crippen molar-refractivity contribution in [2.75, 3.05) is 5.32 Å². The molecule has 0 heterocycles. The Morgan fingerprint density at radius 3 is 2.25 bits per heavy atom. The van der Waals surface area contributed by atoms with E-state index in [1.54, 1.807) is 30.3 Å². The van der Waals surface area contributed by atoms with Gasteiger partial charge in [-0.2, -0.15) is 5.26 Å². The Morgan fingerprint density at radius 2 is 1.62 bits per heavy atom. The minimum absolute atomic E-state index is 0. The van der Waals surface area contributed by atoms with Crippen LogP contribution in [0.5, 0.6) is 0 Å². The zero-order valence-electron chi connectivity index (χ0n) is 17.2. The topological polar surface area (TPSA) is 56.1 Å². The van der Waals surface area contributed by atoms with Crippen LogP contribution in [0.15, 0.2) is 66.7 Å². The summed E-state index contributed by atoms with van der Waals surface area (Å²) in [5, 5.41) is 11.7. The molecule has 3 aromatic rings. The molecule has 0 aliphatic heterocycles. The van der Waals surface area contributed by atoms with Crippen molar-refractivity contribution in [2.24, 2.45) is 0 Å². The lowest BCUT2D eigenvalue weighted by Gasteiger charge is -2.22. The lowest BCUT2D eigenvalue weighted by molar-refractivity contribution is 0.102. The zero-order chi connectivity index (χ0) is 21.8. The normalized spacial score (nSPS) is 12.7. The van der Waals surface area contributed by atoms with Crippen LogP contribution in [-0.2, 0) is 13.1 Å². The van der Waals surface area contributed by atoms with Gasteiger partial charge in [0.1, 0.15) is 11.6 Å². The number of hydrogen-bond acceptors (Lipinski definition) is 3. The zero-order valence-corrected chi connectivity index (χ0v) is 18.0. The minimum Gasteiger partial charge on any atom is -0.322 e. The summed E-state index contributed by atoms with van der Waals surface area (Å²) in [5.74, 6) is -1.39. The summed E-state index contributed by atoms with van der Waals surface area (Å²) in [6, 6.07) is 20.0. The summed E-state index contributed by atoms with van der Waals surface area (Å²) in [4.78, 5) is 14.8. The van der Waals surface area contributed by atoms with Crippen molar-refractivity contribution in [3.63, 3.8) is 0 Å². The fraction of sp³-hybridized carbons (Fsp3) is 0.200. The number of rotatable bonds is 7. The first-order valence-corrected chi connectivity index (χ1v) is 10.1. The van der Waals surface area contributed by atoms with Crippen LogP contribution in [-0.4, -0.2) is 16.8 Å². The molecule has 7 heteroatoms. The van der Waals surface area contributed by atoms with Crippen molar-refractivity contribution in [3.8, 4) is 6.07 Å². The Balaban J connectivity index is 0.00000289. The average Bonchev–Trinajstić information content (AvgIpc) is 3.59. The van der Waals surface area contributed by atoms with Gasteiger partial charge in [0.2, 0.25) is 0 Å². The Morgan fingerprint density at radius 1 is 0.969 bits per heavy atom. The van der Waals surface area contributed by atoms with Crippen molar-refractivity contribution in [2.45, 2.75) is 32.0 Å². The summed E-state index contributed by atoms with van der Waals surface area (Å²) >= 11 is 0. The average molecular weight is 454 g/mol. The molecule has 0 spiro atoms. The van der Waals surface area contributed by atoms with Gasteiger partial charge in [-0.3, -0.25) is 9.69 Å². The van der Waals surface area contributed by atoms with Gasteiger partial charge in [0, 0.05) is 36.4 Å². The Hall–Kier alpha value is -3.27. The van der Waals surface area contributed by atoms with E-state index in [1.165, 1.54) is 12.1 Å². The van der Waals surface area contributed by atoms with Gasteiger partial charge in [-0.1, -0.05) is 12.1 Å². The highest BCUT2D eigenvalue weighted by molar-refractivity contribution is 6.04. The van der Waals surface area contributed by atoms with Crippen LogP contribution in [0.3, 0.4) is 0 Å². The van der Waals surface area contributed by atoms with Crippen molar-refractivity contribution in [3.05, 3.63) is 101 Å². The van der Waals surface area contributed by atoms with Crippen molar-refractivity contribution in [1.29, 1.82) is 5.26 Å². The number of halogens is 3. The fourth-order valence-electron chi connectivity index (χ4n) is 3.57. The molecule has 0 radical (unpaired) electrons. The van der Waals surface area contributed by atoms with E-state index in [4.69, 9.17) is 5.26 Å². The number of carbonyl (C=O) groups is 1. The van der Waals surface area contributed by atoms with Gasteiger partial charge in [-0.25, -0.2) is 8.78 Å². The van der Waals surface area contributed by atoms with Gasteiger partial charge < -0.3 is 5.32 Å². The molecule has 164 valence electrons. The van der Waals surface area contributed by atoms with Crippen LogP contribution >= 0.6 is 12.4 Å². The second-order valence-corrected chi connectivity index (χ2v) is 7.76. The van der Waals surface area contributed by atoms with E-state index in [0.717, 1.165) is 24.5 Å². The van der Waals surface area contributed by atoms with Crippen molar-refractivity contribution >= 4 is 24.0 Å². The molecule has 0 bridgehead atoms. The lowest BCUT2D eigenvalue weighted by atomic mass is 10.1. The fourth-order valence-corrected chi connectivity index (χ4v) is 3.57. The third kappa shape index (κ3) is 6.13. The second kappa shape index (κ2) is 10.4. The van der Waals surface area contributed by atoms with Gasteiger partial charge >= 0.3 is 0 Å². The quantitative estimate of drug-likeness (QED) is 0.501. The summed E-state index contributed by atoms with van der Waals surface area (Å²) in [5.41, 5.74) is 3.21. The molecule has 1 N–H and O–H groups in total. The van der Waals surface area contributed by atoms with Gasteiger partial charge in [-0.05, 0) is 72.5 Å². The van der Waals surface area contributed by atoms with Crippen molar-refractivity contribution < 1.29 is 13.6 Å². The number of benzene rings is 3. The summed E-state index contributed by atoms with van der Waals surface area (Å²) < 4.78 is 27.1. The number of anilines is 1. The largest absolute Gasteiger partial charge is 0.322 e. The van der Waals surface area contributed by atoms with E-state index in [0.29, 0.717) is 41.5 Å². The smallest absolute Gasteiger partial charge is 0.255 e. The maximum absolute atomic E-state index is 13.6. The van der Waals surface area contributed by atoms with Crippen LogP contribution in [0.1, 0.15) is 39.9 Å². The molecule has 0 saturated heterocycles. The number of amides is 1. The molecule has 4 rings (SSSR count). The number of hydrogen-bond donors (Lipinski definition) is 1. The summed E-state index contributed by atoms with van der Waals surface area (Å²) in [6.07, 6.45) is 2.10. The van der Waals surface area contributed by atoms with Crippen molar-refractivity contribution in [1.82, 2.24) is 4.90 Å². The molecule has 0 aromatic heterocycles. The first-order valence-electron chi connectivity index (χ1n) is 10.1. The van der Waals surface area contributed by atoms with Crippen LogP contribution in [0.25, 0.3) is 0 Å². The molecule has 1 aliphatic carbocycles. The van der Waals surface area contributed by atoms with E-state index in [2.05, 4.69) is 10.2 Å². The standard InChI is InChI=1S/C25H21F2N3O.ClH/c26-21-11-19(12-22(27)13-21)16-30(24-8-9-24)15-18-2-1-3-20(10-18)25(31)29-23-6-4-17(14-28)5-7-23;/h1-7,10-13,24H,8-9,15-16H2,(H,29,31);1H. The van der Waals surface area contributed by atoms with E-state index < -0.39 is 11.6 Å². The Labute approximate surface area is 191 Å². The Bertz CT molecular complexity index is 1120. The Kier molecular flexibility index (Phi) is 7.57. The van der Waals surface area contributed by atoms with Crippen LogP contribution in [0.4, 0.5) is 14.5 Å². The van der Waals surface area contributed by atoms with Crippen LogP contribution < -0.4 is 5.32 Å². The minimum atomic E-state index is -0.577. The first kappa shape index (κ1) is 23.4. The van der Waals surface area contributed by atoms with E-state index in [-0.39, 0.29) is 18.3 Å². The molecular formula is C25H22ClF2N3O. The highest BCUT2D eigenvalue weighted by Crippen LogP contribution is 2.30. The maximum Gasteiger partial charge on any atom is 0.255 e. The molecule has 1 amide bonds. The molecule has 1 saturated carbocycles. The number of carbonyl (C=O) groups excluding carboxylic acids is 1. The first-order chi connectivity index (χ1) is 15.0. The third-order valence-corrected chi connectivity index (χ3v) is 5.22. The molecule has 0 unspecified atom stereocenters. The molecule has 32 heavy (non-hydrogen) atoms. The summed E-state index contributed by atoms with van der Waals surface area (Å²) in [6.45, 7) is 1.03. The number of nitriles is 1. The molecule has 0 atom stereocenters. The maximum atomic E-state index is 13.6. The molecule has 3 aromatic carbocycles. The van der Waals surface area contributed by atoms with E-state index in [9.17, 15) is 13.6 Å². The van der Waals surface area contributed by atoms with Gasteiger partial charge in [0.05, 0.1) is 11.6 Å². The van der Waals surface area contributed by atoms with E-state index >= 15 is 0 Å². The summed E-state index contributed by atoms with van der Waals surface area (Å²) in [7, 11) is 0. The second-order valence-electron chi connectivity index (χ2n) is 7.76. The van der Waals surface area contributed by atoms with Crippen LogP contribution in [0, 0.1) is 23.0 Å². The number of nitrogens with one attached hydrogen (secondary N) is 1. The monoisotopic (exact) mass is 453 g/mol. The third-order valence-electron chi connectivity index (χ3n) is 5.22. The van der Waals surface area contributed by atoms with Gasteiger partial charge in [0.15, 0.2) is 0 Å². The van der Waals surface area contributed by atoms with Gasteiger partial charge in [0.25, 0.3) is 5.91 Å². The SMILES string of the molecule is Cl.N#Cc1ccc(NC(=O)c2cccc(CN(Cc3cc(F)cc(F)c3)C3CC3)c2)cc1. The molecule has 1 aliphatic rings. The molecule has 1 fully saturated rings. The molecule has 4 nitrogen and oxygen atoms in total. The molecular weight excluding hydrogens is 432 g/mol. The van der Waals surface area contributed by atoms with Gasteiger partial charge in [-0.15, -0.1) is 12.4 Å². The highest BCUT2D eigenvalue weighted by Gasteiger charge is 2.29.